The van der Waals surface area contributed by atoms with Crippen molar-refractivity contribution in [3.8, 4) is 0 Å². The molecule has 2 aromatic rings. The van der Waals surface area contributed by atoms with Gasteiger partial charge in [-0.25, -0.2) is 4.68 Å². The summed E-state index contributed by atoms with van der Waals surface area (Å²) in [5, 5.41) is 7.82. The van der Waals surface area contributed by atoms with Crippen LogP contribution in [0.25, 0.3) is 0 Å². The van der Waals surface area contributed by atoms with Gasteiger partial charge in [-0.1, -0.05) is 5.21 Å². The Balaban J connectivity index is 2.21. The van der Waals surface area contributed by atoms with Crippen molar-refractivity contribution in [1.82, 2.24) is 20.0 Å². The molecule has 6 heteroatoms. The van der Waals surface area contributed by atoms with Crippen molar-refractivity contribution in [3.63, 3.8) is 0 Å². The molecule has 2 aromatic heterocycles. The predicted molar refractivity (Wildman–Crippen MR) is 53.8 cm³/mol. The van der Waals surface area contributed by atoms with E-state index in [4.69, 9.17) is 5.73 Å². The molecule has 0 aliphatic rings. The van der Waals surface area contributed by atoms with Crippen LogP contribution in [0.5, 0.6) is 0 Å². The highest BCUT2D eigenvalue weighted by atomic mass is 32.1. The molecule has 0 amide bonds. The van der Waals surface area contributed by atoms with Crippen LogP contribution in [0.2, 0.25) is 0 Å². The Morgan fingerprint density at radius 3 is 3.07 bits per heavy atom. The maximum Gasteiger partial charge on any atom is 0.0794 e. The van der Waals surface area contributed by atoms with E-state index < -0.39 is 0 Å². The highest BCUT2D eigenvalue weighted by Crippen LogP contribution is 2.12. The average Bonchev–Trinajstić information content (AvgIpc) is 2.75. The van der Waals surface area contributed by atoms with Gasteiger partial charge in [0.15, 0.2) is 0 Å². The van der Waals surface area contributed by atoms with E-state index in [-0.39, 0.29) is 6.04 Å². The van der Waals surface area contributed by atoms with Crippen molar-refractivity contribution in [2.24, 2.45) is 5.73 Å². The molecule has 14 heavy (non-hydrogen) atoms. The number of rotatable bonds is 3. The van der Waals surface area contributed by atoms with Crippen LogP contribution in [0, 0.1) is 0 Å². The van der Waals surface area contributed by atoms with Gasteiger partial charge < -0.3 is 5.73 Å². The molecular formula is C8H11N5S. The summed E-state index contributed by atoms with van der Waals surface area (Å²) in [5.41, 5.74) is 8.52. The third kappa shape index (κ3) is 1.80. The van der Waals surface area contributed by atoms with Crippen LogP contribution >= 0.6 is 11.3 Å². The molecule has 5 nitrogen and oxygen atoms in total. The Morgan fingerprint density at radius 2 is 2.43 bits per heavy atom. The van der Waals surface area contributed by atoms with E-state index in [0.29, 0.717) is 6.54 Å². The molecule has 74 valence electrons. The highest BCUT2D eigenvalue weighted by Gasteiger charge is 2.08. The first-order valence-corrected chi connectivity index (χ1v) is 5.16. The monoisotopic (exact) mass is 209 g/mol. The molecule has 2 N–H and O–H groups in total. The topological polar surface area (TPSA) is 69.6 Å². The second kappa shape index (κ2) is 3.85. The van der Waals surface area contributed by atoms with E-state index in [0.717, 1.165) is 10.6 Å². The van der Waals surface area contributed by atoms with E-state index in [9.17, 15) is 0 Å². The van der Waals surface area contributed by atoms with Gasteiger partial charge in [0.25, 0.3) is 0 Å². The van der Waals surface area contributed by atoms with Crippen molar-refractivity contribution in [1.29, 1.82) is 0 Å². The van der Waals surface area contributed by atoms with Crippen molar-refractivity contribution in [2.45, 2.75) is 19.5 Å². The lowest BCUT2D eigenvalue weighted by molar-refractivity contribution is 0.594. The quantitative estimate of drug-likeness (QED) is 0.811. The van der Waals surface area contributed by atoms with Gasteiger partial charge in [-0.3, -0.25) is 4.98 Å². The summed E-state index contributed by atoms with van der Waals surface area (Å²) >= 11 is 1.60. The van der Waals surface area contributed by atoms with E-state index in [1.165, 1.54) is 0 Å². The summed E-state index contributed by atoms with van der Waals surface area (Å²) in [6.07, 6.45) is 3.53. The molecule has 0 aliphatic heterocycles. The van der Waals surface area contributed by atoms with Crippen LogP contribution < -0.4 is 5.73 Å². The van der Waals surface area contributed by atoms with E-state index in [1.807, 2.05) is 13.1 Å². The zero-order valence-corrected chi connectivity index (χ0v) is 8.61. The Bertz CT molecular complexity index is 392. The van der Waals surface area contributed by atoms with E-state index >= 15 is 0 Å². The molecule has 0 spiro atoms. The van der Waals surface area contributed by atoms with Crippen LogP contribution in [0.1, 0.15) is 23.5 Å². The first-order valence-electron chi connectivity index (χ1n) is 4.28. The minimum Gasteiger partial charge on any atom is -0.323 e. The molecule has 0 fully saturated rings. The molecule has 0 bridgehead atoms. The van der Waals surface area contributed by atoms with E-state index in [2.05, 4.69) is 15.3 Å². The third-order valence-corrected chi connectivity index (χ3v) is 2.67. The second-order valence-corrected chi connectivity index (χ2v) is 4.04. The number of hydrogen-bond donors (Lipinski definition) is 1. The predicted octanol–water partition coefficient (Wildman–Crippen LogP) is 0.803. The van der Waals surface area contributed by atoms with Gasteiger partial charge in [0.2, 0.25) is 0 Å². The maximum absolute atomic E-state index is 5.77. The SMILES string of the molecule is CC(N)c1cnnn1Cc1cncs1. The first-order chi connectivity index (χ1) is 6.77. The lowest BCUT2D eigenvalue weighted by Crippen LogP contribution is -2.13. The fraction of sp³-hybridized carbons (Fsp3) is 0.375. The van der Waals surface area contributed by atoms with Crippen molar-refractivity contribution in [3.05, 3.63) is 28.5 Å². The molecule has 0 radical (unpaired) electrons. The zero-order chi connectivity index (χ0) is 9.97. The van der Waals surface area contributed by atoms with Crippen LogP contribution in [0.15, 0.2) is 17.9 Å². The van der Waals surface area contributed by atoms with Gasteiger partial charge in [-0.2, -0.15) is 0 Å². The smallest absolute Gasteiger partial charge is 0.0794 e. The van der Waals surface area contributed by atoms with Gasteiger partial charge in [0.1, 0.15) is 0 Å². The molecule has 0 saturated carbocycles. The molecule has 1 atom stereocenters. The number of thiazole rings is 1. The number of nitrogens with zero attached hydrogens (tertiary/aromatic N) is 4. The van der Waals surface area contributed by atoms with Crippen LogP contribution in [0.4, 0.5) is 0 Å². The lowest BCUT2D eigenvalue weighted by Gasteiger charge is -2.06. The van der Waals surface area contributed by atoms with Crippen LogP contribution in [-0.4, -0.2) is 20.0 Å². The van der Waals surface area contributed by atoms with Crippen molar-refractivity contribution < 1.29 is 0 Å². The summed E-state index contributed by atoms with van der Waals surface area (Å²) in [7, 11) is 0. The Hall–Kier alpha value is -1.27. The van der Waals surface area contributed by atoms with Crippen LogP contribution in [-0.2, 0) is 6.54 Å². The minimum atomic E-state index is -0.0436. The number of aromatic nitrogens is 4. The Morgan fingerprint density at radius 1 is 1.57 bits per heavy atom. The normalized spacial score (nSPS) is 13.0. The fourth-order valence-corrected chi connectivity index (χ4v) is 1.78. The van der Waals surface area contributed by atoms with E-state index in [1.54, 1.807) is 27.7 Å². The fourth-order valence-electron chi connectivity index (χ4n) is 1.21. The lowest BCUT2D eigenvalue weighted by atomic mass is 10.3. The van der Waals surface area contributed by atoms with Gasteiger partial charge in [0.05, 0.1) is 23.9 Å². The largest absolute Gasteiger partial charge is 0.323 e. The van der Waals surface area contributed by atoms with Gasteiger partial charge in [-0.05, 0) is 6.92 Å². The zero-order valence-electron chi connectivity index (χ0n) is 7.79. The second-order valence-electron chi connectivity index (χ2n) is 3.07. The highest BCUT2D eigenvalue weighted by molar-refractivity contribution is 7.09. The summed E-state index contributed by atoms with van der Waals surface area (Å²) < 4.78 is 1.80. The maximum atomic E-state index is 5.77. The standard InChI is InChI=1S/C8H11N5S/c1-6(9)8-3-11-12-13(8)4-7-2-10-5-14-7/h2-3,5-6H,4,9H2,1H3. The minimum absolute atomic E-state index is 0.0436. The summed E-state index contributed by atoms with van der Waals surface area (Å²) in [6, 6.07) is -0.0436. The van der Waals surface area contributed by atoms with Crippen molar-refractivity contribution in [2.75, 3.05) is 0 Å². The van der Waals surface area contributed by atoms with Gasteiger partial charge in [0, 0.05) is 17.1 Å². The summed E-state index contributed by atoms with van der Waals surface area (Å²) in [4.78, 5) is 5.15. The summed E-state index contributed by atoms with van der Waals surface area (Å²) in [5.74, 6) is 0. The molecule has 0 aliphatic carbocycles. The molecular weight excluding hydrogens is 198 g/mol. The Kier molecular flexibility index (Phi) is 2.55. The molecule has 0 saturated heterocycles. The van der Waals surface area contributed by atoms with Gasteiger partial charge >= 0.3 is 0 Å². The van der Waals surface area contributed by atoms with Gasteiger partial charge in [-0.15, -0.1) is 16.4 Å². The molecule has 2 heterocycles. The summed E-state index contributed by atoms with van der Waals surface area (Å²) in [6.45, 7) is 2.61. The number of hydrogen-bond acceptors (Lipinski definition) is 5. The van der Waals surface area contributed by atoms with Crippen LogP contribution in [0.3, 0.4) is 0 Å². The Labute approximate surface area is 85.6 Å². The molecule has 2 rings (SSSR count). The first kappa shape index (κ1) is 9.29. The average molecular weight is 209 g/mol. The molecule has 1 unspecified atom stereocenters. The third-order valence-electron chi connectivity index (χ3n) is 1.90. The number of nitrogens with two attached hydrogens (primary N) is 1. The van der Waals surface area contributed by atoms with Crippen molar-refractivity contribution >= 4 is 11.3 Å². The molecule has 0 aromatic carbocycles.